The highest BCUT2D eigenvalue weighted by molar-refractivity contribution is 9.10. The molecule has 0 unspecified atom stereocenters. The number of methoxy groups -OCH3 is 1. The predicted molar refractivity (Wildman–Crippen MR) is 109 cm³/mol. The number of halogens is 1. The van der Waals surface area contributed by atoms with Crippen molar-refractivity contribution in [1.29, 1.82) is 0 Å². The van der Waals surface area contributed by atoms with Gasteiger partial charge in [0.1, 0.15) is 5.75 Å². The summed E-state index contributed by atoms with van der Waals surface area (Å²) in [5.74, 6) is 0.838. The third-order valence-corrected chi connectivity index (χ3v) is 4.92. The van der Waals surface area contributed by atoms with Crippen molar-refractivity contribution in [2.75, 3.05) is 12.4 Å². The van der Waals surface area contributed by atoms with Crippen molar-refractivity contribution in [2.45, 2.75) is 12.5 Å². The number of para-hydroxylation sites is 2. The molecule has 0 aromatic heterocycles. The molecule has 0 aliphatic carbocycles. The molecule has 0 amide bonds. The Hall–Kier alpha value is -2.59. The molecule has 1 atom stereocenters. The summed E-state index contributed by atoms with van der Waals surface area (Å²) in [7, 11) is 1.64. The molecule has 3 nitrogen and oxygen atoms in total. The van der Waals surface area contributed by atoms with Crippen molar-refractivity contribution < 1.29 is 9.53 Å². The second-order valence-corrected chi connectivity index (χ2v) is 6.77. The van der Waals surface area contributed by atoms with Crippen LogP contribution in [-0.2, 0) is 0 Å². The molecule has 0 radical (unpaired) electrons. The third kappa shape index (κ3) is 4.33. The molecule has 0 aliphatic rings. The minimum atomic E-state index is -0.186. The number of rotatable bonds is 7. The van der Waals surface area contributed by atoms with Gasteiger partial charge in [-0.3, -0.25) is 4.79 Å². The van der Waals surface area contributed by atoms with E-state index < -0.39 is 0 Å². The van der Waals surface area contributed by atoms with E-state index >= 15 is 0 Å². The van der Waals surface area contributed by atoms with Crippen LogP contribution in [0.1, 0.15) is 28.4 Å². The van der Waals surface area contributed by atoms with Crippen LogP contribution in [0.4, 0.5) is 5.69 Å². The van der Waals surface area contributed by atoms with Crippen LogP contribution < -0.4 is 10.1 Å². The Kier molecular flexibility index (Phi) is 6.08. The number of hydrogen-bond donors (Lipinski definition) is 1. The molecule has 132 valence electrons. The summed E-state index contributed by atoms with van der Waals surface area (Å²) in [6.45, 7) is 0. The van der Waals surface area contributed by atoms with Gasteiger partial charge >= 0.3 is 0 Å². The summed E-state index contributed by atoms with van der Waals surface area (Å²) in [6, 6.07) is 24.9. The van der Waals surface area contributed by atoms with E-state index in [-0.39, 0.29) is 11.8 Å². The molecule has 0 spiro atoms. The highest BCUT2D eigenvalue weighted by atomic mass is 79.9. The first-order valence-electron chi connectivity index (χ1n) is 8.41. The highest BCUT2D eigenvalue weighted by Gasteiger charge is 2.20. The van der Waals surface area contributed by atoms with Gasteiger partial charge in [0.05, 0.1) is 18.8 Å². The van der Waals surface area contributed by atoms with E-state index in [0.717, 1.165) is 21.5 Å². The van der Waals surface area contributed by atoms with Crippen LogP contribution in [0.2, 0.25) is 0 Å². The third-order valence-electron chi connectivity index (χ3n) is 4.20. The lowest BCUT2D eigenvalue weighted by atomic mass is 9.97. The molecule has 4 heteroatoms. The second kappa shape index (κ2) is 8.68. The summed E-state index contributed by atoms with van der Waals surface area (Å²) in [5.41, 5.74) is 2.60. The van der Waals surface area contributed by atoms with E-state index in [1.807, 2.05) is 78.9 Å². The smallest absolute Gasteiger partial charge is 0.165 e. The quantitative estimate of drug-likeness (QED) is 0.494. The normalized spacial score (nSPS) is 11.6. The minimum absolute atomic E-state index is 0.0914. The van der Waals surface area contributed by atoms with Gasteiger partial charge in [-0.2, -0.15) is 0 Å². The number of carbonyl (C=O) groups is 1. The number of carbonyl (C=O) groups excluding carboxylic acids is 1. The first-order valence-corrected chi connectivity index (χ1v) is 9.20. The fourth-order valence-corrected chi connectivity index (χ4v) is 3.44. The zero-order valence-electron chi connectivity index (χ0n) is 14.5. The van der Waals surface area contributed by atoms with Gasteiger partial charge in [0, 0.05) is 16.5 Å². The molecule has 0 fully saturated rings. The fraction of sp³-hybridized carbons (Fsp3) is 0.136. The number of ketones is 1. The molecular formula is C22H20BrNO2. The average Bonchev–Trinajstić information content (AvgIpc) is 2.69. The van der Waals surface area contributed by atoms with Crippen LogP contribution in [0.5, 0.6) is 5.75 Å². The van der Waals surface area contributed by atoms with Crippen molar-refractivity contribution in [3.05, 3.63) is 94.5 Å². The van der Waals surface area contributed by atoms with Crippen LogP contribution in [0, 0.1) is 0 Å². The van der Waals surface area contributed by atoms with Gasteiger partial charge in [-0.05, 0) is 23.8 Å². The van der Waals surface area contributed by atoms with Gasteiger partial charge < -0.3 is 10.1 Å². The van der Waals surface area contributed by atoms with Crippen molar-refractivity contribution >= 4 is 27.4 Å². The number of Topliss-reactive ketones (excluding diaryl/α,β-unsaturated/α-hetero) is 1. The maximum Gasteiger partial charge on any atom is 0.165 e. The first-order chi connectivity index (χ1) is 12.7. The van der Waals surface area contributed by atoms with Crippen molar-refractivity contribution in [3.8, 4) is 5.75 Å². The van der Waals surface area contributed by atoms with E-state index in [2.05, 4.69) is 21.2 Å². The largest absolute Gasteiger partial charge is 0.495 e. The van der Waals surface area contributed by atoms with Gasteiger partial charge in [-0.25, -0.2) is 0 Å². The number of ether oxygens (including phenoxy) is 1. The maximum atomic E-state index is 12.8. The SMILES string of the molecule is COc1ccccc1N[C@H](CC(=O)c1ccccc1)c1ccccc1Br. The van der Waals surface area contributed by atoms with E-state index in [1.54, 1.807) is 7.11 Å². The number of benzene rings is 3. The van der Waals surface area contributed by atoms with Crippen LogP contribution in [0.15, 0.2) is 83.3 Å². The lowest BCUT2D eigenvalue weighted by molar-refractivity contribution is 0.0976. The Morgan fingerprint density at radius 2 is 1.62 bits per heavy atom. The van der Waals surface area contributed by atoms with Crippen molar-refractivity contribution in [1.82, 2.24) is 0 Å². The molecule has 0 saturated heterocycles. The number of anilines is 1. The topological polar surface area (TPSA) is 38.3 Å². The molecule has 0 heterocycles. The monoisotopic (exact) mass is 409 g/mol. The lowest BCUT2D eigenvalue weighted by Gasteiger charge is -2.22. The molecule has 0 saturated carbocycles. The van der Waals surface area contributed by atoms with Gasteiger partial charge in [-0.1, -0.05) is 76.6 Å². The molecule has 1 N–H and O–H groups in total. The zero-order valence-corrected chi connectivity index (χ0v) is 16.1. The van der Waals surface area contributed by atoms with Crippen LogP contribution in [0.3, 0.4) is 0 Å². The summed E-state index contributed by atoms with van der Waals surface area (Å²) in [5, 5.41) is 3.48. The summed E-state index contributed by atoms with van der Waals surface area (Å²) >= 11 is 3.61. The molecule has 0 bridgehead atoms. The average molecular weight is 410 g/mol. The number of hydrogen-bond acceptors (Lipinski definition) is 3. The van der Waals surface area contributed by atoms with E-state index in [0.29, 0.717) is 12.0 Å². The van der Waals surface area contributed by atoms with Gasteiger partial charge in [-0.15, -0.1) is 0 Å². The summed E-state index contributed by atoms with van der Waals surface area (Å²) in [4.78, 5) is 12.8. The summed E-state index contributed by atoms with van der Waals surface area (Å²) < 4.78 is 6.41. The van der Waals surface area contributed by atoms with Gasteiger partial charge in [0.15, 0.2) is 5.78 Å². The molecule has 3 rings (SSSR count). The zero-order chi connectivity index (χ0) is 18.4. The standard InChI is InChI=1S/C22H20BrNO2/c1-26-22-14-8-7-13-19(22)24-20(17-11-5-6-12-18(17)23)15-21(25)16-9-3-2-4-10-16/h2-14,20,24H,15H2,1H3/t20-/m1/s1. The highest BCUT2D eigenvalue weighted by Crippen LogP contribution is 2.33. The Bertz CT molecular complexity index is 880. The van der Waals surface area contributed by atoms with E-state index in [1.165, 1.54) is 0 Å². The van der Waals surface area contributed by atoms with Gasteiger partial charge in [0.25, 0.3) is 0 Å². The Morgan fingerprint density at radius 3 is 2.35 bits per heavy atom. The minimum Gasteiger partial charge on any atom is -0.495 e. The van der Waals surface area contributed by atoms with E-state index in [4.69, 9.17) is 4.74 Å². The van der Waals surface area contributed by atoms with Crippen LogP contribution in [0.25, 0.3) is 0 Å². The van der Waals surface area contributed by atoms with Crippen molar-refractivity contribution in [2.24, 2.45) is 0 Å². The van der Waals surface area contributed by atoms with Crippen molar-refractivity contribution in [3.63, 3.8) is 0 Å². The Balaban J connectivity index is 1.92. The second-order valence-electron chi connectivity index (χ2n) is 5.91. The lowest BCUT2D eigenvalue weighted by Crippen LogP contribution is -2.16. The van der Waals surface area contributed by atoms with Gasteiger partial charge in [0.2, 0.25) is 0 Å². The van der Waals surface area contributed by atoms with Crippen LogP contribution >= 0.6 is 15.9 Å². The molecule has 3 aromatic rings. The molecule has 3 aromatic carbocycles. The van der Waals surface area contributed by atoms with E-state index in [9.17, 15) is 4.79 Å². The predicted octanol–water partition coefficient (Wildman–Crippen LogP) is 5.88. The molecule has 0 aliphatic heterocycles. The Morgan fingerprint density at radius 1 is 0.962 bits per heavy atom. The number of nitrogens with one attached hydrogen (secondary N) is 1. The maximum absolute atomic E-state index is 12.8. The van der Waals surface area contributed by atoms with Crippen LogP contribution in [-0.4, -0.2) is 12.9 Å². The first kappa shape index (κ1) is 18.2. The summed E-state index contributed by atoms with van der Waals surface area (Å²) in [6.07, 6.45) is 0.338. The molecule has 26 heavy (non-hydrogen) atoms. The Labute approximate surface area is 162 Å². The molecular weight excluding hydrogens is 390 g/mol. The fourth-order valence-electron chi connectivity index (χ4n) is 2.88.